The minimum atomic E-state index is -0.490. The number of hydrogen-bond acceptors (Lipinski definition) is 6. The number of aryl methyl sites for hydroxylation is 2. The van der Waals surface area contributed by atoms with Gasteiger partial charge in [0.25, 0.3) is 0 Å². The Balaban J connectivity index is 1.50. The molecule has 7 nitrogen and oxygen atoms in total. The van der Waals surface area contributed by atoms with Crippen LogP contribution in [0.25, 0.3) is 17.1 Å². The van der Waals surface area contributed by atoms with Crippen LogP contribution >= 0.6 is 0 Å². The number of methoxy groups -OCH3 is 1. The Labute approximate surface area is 209 Å². The van der Waals surface area contributed by atoms with Crippen molar-refractivity contribution in [3.05, 3.63) is 89.5 Å². The fourth-order valence-corrected chi connectivity index (χ4v) is 4.12. The van der Waals surface area contributed by atoms with E-state index in [1.165, 1.54) is 13.2 Å². The summed E-state index contributed by atoms with van der Waals surface area (Å²) in [4.78, 5) is 26.0. The van der Waals surface area contributed by atoms with Crippen molar-refractivity contribution in [3.8, 4) is 5.75 Å². The van der Waals surface area contributed by atoms with Crippen LogP contribution in [0.2, 0.25) is 0 Å². The lowest BCUT2D eigenvalue weighted by Gasteiger charge is -2.17. The lowest BCUT2D eigenvalue weighted by Crippen LogP contribution is -2.15. The van der Waals surface area contributed by atoms with Crippen LogP contribution in [-0.2, 0) is 23.0 Å². The molecular formula is C28H29FN4O3. The quantitative estimate of drug-likeness (QED) is 0.284. The lowest BCUT2D eigenvalue weighted by atomic mass is 9.94. The molecule has 0 N–H and O–H groups in total. The van der Waals surface area contributed by atoms with Crippen LogP contribution < -0.4 is 4.74 Å². The van der Waals surface area contributed by atoms with E-state index in [4.69, 9.17) is 14.5 Å². The Morgan fingerprint density at radius 3 is 2.83 bits per heavy atom. The lowest BCUT2D eigenvalue weighted by molar-refractivity contribution is -0.143. The first-order valence-corrected chi connectivity index (χ1v) is 11.9. The van der Waals surface area contributed by atoms with Gasteiger partial charge < -0.3 is 14.0 Å². The van der Waals surface area contributed by atoms with E-state index in [0.717, 1.165) is 35.3 Å². The van der Waals surface area contributed by atoms with Crippen molar-refractivity contribution in [3.63, 3.8) is 0 Å². The molecule has 0 spiro atoms. The second-order valence-corrected chi connectivity index (χ2v) is 8.38. The highest BCUT2D eigenvalue weighted by molar-refractivity contribution is 5.74. The summed E-state index contributed by atoms with van der Waals surface area (Å²) in [5.74, 6) is -0.527. The minimum Gasteiger partial charge on any atom is -0.494 e. The van der Waals surface area contributed by atoms with Gasteiger partial charge >= 0.3 is 5.97 Å². The fraction of sp³-hybridized carbons (Fsp3) is 0.286. The van der Waals surface area contributed by atoms with Crippen LogP contribution in [0.15, 0.2) is 60.9 Å². The summed E-state index contributed by atoms with van der Waals surface area (Å²) in [5, 5.41) is 1.02. The molecule has 0 radical (unpaired) electrons. The van der Waals surface area contributed by atoms with Gasteiger partial charge in [-0.05, 0) is 67.8 Å². The topological polar surface area (TPSA) is 79.1 Å². The van der Waals surface area contributed by atoms with Gasteiger partial charge in [0.2, 0.25) is 0 Å². The predicted molar refractivity (Wildman–Crippen MR) is 136 cm³/mol. The van der Waals surface area contributed by atoms with E-state index in [1.54, 1.807) is 25.3 Å². The van der Waals surface area contributed by atoms with Crippen LogP contribution in [-0.4, -0.2) is 39.2 Å². The highest BCUT2D eigenvalue weighted by atomic mass is 19.1. The largest absolute Gasteiger partial charge is 0.494 e. The van der Waals surface area contributed by atoms with E-state index in [2.05, 4.69) is 9.97 Å². The maximum absolute atomic E-state index is 14.5. The molecule has 186 valence electrons. The van der Waals surface area contributed by atoms with Gasteiger partial charge in [-0.2, -0.15) is 0 Å². The first-order chi connectivity index (χ1) is 17.5. The van der Waals surface area contributed by atoms with Crippen molar-refractivity contribution >= 4 is 23.1 Å². The highest BCUT2D eigenvalue weighted by Crippen LogP contribution is 2.31. The maximum Gasteiger partial charge on any atom is 0.306 e. The molecule has 0 aliphatic carbocycles. The highest BCUT2D eigenvalue weighted by Gasteiger charge is 2.24. The van der Waals surface area contributed by atoms with Crippen molar-refractivity contribution < 1.29 is 18.7 Å². The Bertz CT molecular complexity index is 1380. The molecular weight excluding hydrogens is 459 g/mol. The summed E-state index contributed by atoms with van der Waals surface area (Å²) in [6.07, 6.45) is 9.24. The molecule has 4 rings (SSSR count). The molecule has 0 saturated heterocycles. The molecule has 1 unspecified atom stereocenters. The smallest absolute Gasteiger partial charge is 0.306 e. The number of rotatable bonds is 10. The van der Waals surface area contributed by atoms with E-state index in [1.807, 2.05) is 54.2 Å². The molecule has 0 aliphatic heterocycles. The van der Waals surface area contributed by atoms with Crippen molar-refractivity contribution in [2.24, 2.45) is 7.05 Å². The number of allylic oxidation sites excluding steroid dienone is 1. The number of fused-ring (bicyclic) bond motifs is 1. The van der Waals surface area contributed by atoms with Crippen molar-refractivity contribution in [2.75, 3.05) is 13.7 Å². The molecule has 3 heterocycles. The average Bonchev–Trinajstić information content (AvgIpc) is 3.25. The van der Waals surface area contributed by atoms with Gasteiger partial charge in [-0.15, -0.1) is 0 Å². The Hall–Kier alpha value is -4.07. The summed E-state index contributed by atoms with van der Waals surface area (Å²) in [6.45, 7) is 2.03. The maximum atomic E-state index is 14.5. The third-order valence-electron chi connectivity index (χ3n) is 5.87. The monoisotopic (exact) mass is 488 g/mol. The molecule has 0 fully saturated rings. The summed E-state index contributed by atoms with van der Waals surface area (Å²) >= 11 is 0. The van der Waals surface area contributed by atoms with Crippen LogP contribution in [0, 0.1) is 5.82 Å². The van der Waals surface area contributed by atoms with E-state index in [-0.39, 0.29) is 24.7 Å². The molecule has 1 aromatic carbocycles. The Morgan fingerprint density at radius 1 is 1.19 bits per heavy atom. The number of carbonyl (C=O) groups is 1. The molecule has 0 amide bonds. The van der Waals surface area contributed by atoms with Crippen molar-refractivity contribution in [1.29, 1.82) is 0 Å². The number of pyridine rings is 2. The zero-order valence-electron chi connectivity index (χ0n) is 20.6. The Morgan fingerprint density at radius 2 is 2.06 bits per heavy atom. The molecule has 3 aromatic heterocycles. The van der Waals surface area contributed by atoms with Gasteiger partial charge in [-0.1, -0.05) is 12.1 Å². The molecule has 4 aromatic rings. The number of halogens is 1. The van der Waals surface area contributed by atoms with Gasteiger partial charge in [-0.3, -0.25) is 4.79 Å². The first kappa shape index (κ1) is 25.0. The molecule has 0 saturated carbocycles. The SMILES string of the molecule is CCOC(=O)CC(c1ccc(OC)c(F)c1)c1nc(/C=C/CCc2ccc3cccnc3n2)cn1C. The van der Waals surface area contributed by atoms with Gasteiger partial charge in [0, 0.05) is 30.5 Å². The predicted octanol–water partition coefficient (Wildman–Crippen LogP) is 5.24. The molecule has 0 bridgehead atoms. The zero-order chi connectivity index (χ0) is 25.5. The second-order valence-electron chi connectivity index (χ2n) is 8.38. The number of nitrogens with zero attached hydrogens (tertiary/aromatic N) is 4. The number of esters is 1. The van der Waals surface area contributed by atoms with E-state index in [0.29, 0.717) is 11.4 Å². The molecule has 0 aliphatic rings. The first-order valence-electron chi connectivity index (χ1n) is 11.9. The molecule has 1 atom stereocenters. The number of imidazole rings is 1. The van der Waals surface area contributed by atoms with Crippen molar-refractivity contribution in [1.82, 2.24) is 19.5 Å². The van der Waals surface area contributed by atoms with Gasteiger partial charge in [0.15, 0.2) is 17.2 Å². The normalized spacial score (nSPS) is 12.2. The third-order valence-corrected chi connectivity index (χ3v) is 5.87. The Kier molecular flexibility index (Phi) is 8.05. The number of aromatic nitrogens is 4. The average molecular weight is 489 g/mol. The van der Waals surface area contributed by atoms with Crippen LogP contribution in [0.1, 0.15) is 48.5 Å². The number of hydrogen-bond donors (Lipinski definition) is 0. The van der Waals surface area contributed by atoms with Crippen LogP contribution in [0.5, 0.6) is 5.75 Å². The third kappa shape index (κ3) is 5.94. The number of ether oxygens (including phenoxy) is 2. The van der Waals surface area contributed by atoms with Gasteiger partial charge in [0.05, 0.1) is 31.7 Å². The van der Waals surface area contributed by atoms with Gasteiger partial charge in [-0.25, -0.2) is 19.3 Å². The van der Waals surface area contributed by atoms with Crippen LogP contribution in [0.4, 0.5) is 4.39 Å². The summed E-state index contributed by atoms with van der Waals surface area (Å²) in [5.41, 5.74) is 3.10. The van der Waals surface area contributed by atoms with Crippen molar-refractivity contribution in [2.45, 2.75) is 32.1 Å². The zero-order valence-corrected chi connectivity index (χ0v) is 20.6. The standard InChI is InChI=1S/C28H29FN4O3/c1-4-36-26(34)17-23(20-12-14-25(35-3)24(29)16-20)28-32-22(18-33(28)2)10-6-5-9-21-13-11-19-8-7-15-30-27(19)31-21/h6-8,10-16,18,23H,4-5,9,17H2,1-3H3/b10-6+. The summed E-state index contributed by atoms with van der Waals surface area (Å²) < 4.78 is 26.5. The molecule has 8 heteroatoms. The summed E-state index contributed by atoms with van der Waals surface area (Å²) in [6, 6.07) is 12.6. The van der Waals surface area contributed by atoms with Gasteiger partial charge in [0.1, 0.15) is 5.82 Å². The van der Waals surface area contributed by atoms with E-state index >= 15 is 0 Å². The number of benzene rings is 1. The van der Waals surface area contributed by atoms with E-state index in [9.17, 15) is 9.18 Å². The second kappa shape index (κ2) is 11.6. The fourth-order valence-electron chi connectivity index (χ4n) is 4.12. The van der Waals surface area contributed by atoms with E-state index < -0.39 is 11.7 Å². The minimum absolute atomic E-state index is 0.0509. The number of carbonyl (C=O) groups excluding carboxylic acids is 1. The summed E-state index contributed by atoms with van der Waals surface area (Å²) in [7, 11) is 3.28. The molecule has 36 heavy (non-hydrogen) atoms. The van der Waals surface area contributed by atoms with Crippen LogP contribution in [0.3, 0.4) is 0 Å².